The van der Waals surface area contributed by atoms with E-state index in [9.17, 15) is 10.1 Å². The highest BCUT2D eigenvalue weighted by molar-refractivity contribution is 7.18. The van der Waals surface area contributed by atoms with Crippen LogP contribution in [0.4, 0.5) is 5.69 Å². The van der Waals surface area contributed by atoms with E-state index in [-0.39, 0.29) is 5.69 Å². The molecule has 0 saturated heterocycles. The van der Waals surface area contributed by atoms with E-state index in [1.54, 1.807) is 23.5 Å². The van der Waals surface area contributed by atoms with Gasteiger partial charge in [-0.1, -0.05) is 23.5 Å². The van der Waals surface area contributed by atoms with Crippen LogP contribution in [0.3, 0.4) is 0 Å². The van der Waals surface area contributed by atoms with Crippen LogP contribution in [-0.2, 0) is 7.05 Å². The Labute approximate surface area is 153 Å². The van der Waals surface area contributed by atoms with Gasteiger partial charge in [-0.3, -0.25) is 10.1 Å². The maximum Gasteiger partial charge on any atom is 0.269 e. The lowest BCUT2D eigenvalue weighted by atomic mass is 10.1. The summed E-state index contributed by atoms with van der Waals surface area (Å²) < 4.78 is 9.23. The summed E-state index contributed by atoms with van der Waals surface area (Å²) in [6, 6.07) is 18.4. The van der Waals surface area contributed by atoms with Crippen molar-refractivity contribution in [3.8, 4) is 11.3 Å². The van der Waals surface area contributed by atoms with Gasteiger partial charge in [-0.05, 0) is 36.4 Å². The number of aryl methyl sites for hydroxylation is 1. The van der Waals surface area contributed by atoms with Crippen LogP contribution < -0.4 is 4.57 Å². The normalized spacial score (nSPS) is 11.4. The zero-order valence-electron chi connectivity index (χ0n) is 14.0. The van der Waals surface area contributed by atoms with E-state index in [4.69, 9.17) is 4.42 Å². The molecular weight excluding hydrogens is 348 g/mol. The molecule has 2 aromatic heterocycles. The van der Waals surface area contributed by atoms with Gasteiger partial charge in [0.05, 0.1) is 4.92 Å². The van der Waals surface area contributed by atoms with E-state index in [0.29, 0.717) is 5.76 Å². The summed E-state index contributed by atoms with van der Waals surface area (Å²) in [7, 11) is 2.04. The Kier molecular flexibility index (Phi) is 4.10. The second-order valence-corrected chi connectivity index (χ2v) is 6.87. The monoisotopic (exact) mass is 363 g/mol. The van der Waals surface area contributed by atoms with Gasteiger partial charge in [0.15, 0.2) is 0 Å². The number of nitrogens with zero attached hydrogens (tertiary/aromatic N) is 2. The summed E-state index contributed by atoms with van der Waals surface area (Å²) >= 11 is 1.72. The van der Waals surface area contributed by atoms with Crippen LogP contribution in [-0.4, -0.2) is 4.92 Å². The third-order valence-corrected chi connectivity index (χ3v) is 5.34. The molecule has 5 nitrogen and oxygen atoms in total. The minimum Gasteiger partial charge on any atom is -0.457 e. The van der Waals surface area contributed by atoms with Crippen molar-refractivity contribution in [2.75, 3.05) is 0 Å². The first-order valence-corrected chi connectivity index (χ1v) is 8.84. The molecule has 128 valence electrons. The number of furan rings is 1. The minimum atomic E-state index is -0.412. The molecule has 0 bridgehead atoms. The number of hydrogen-bond donors (Lipinski definition) is 0. The van der Waals surface area contributed by atoms with Crippen molar-refractivity contribution in [1.29, 1.82) is 0 Å². The minimum absolute atomic E-state index is 0.0673. The lowest BCUT2D eigenvalue weighted by Gasteiger charge is -1.96. The third-order valence-electron chi connectivity index (χ3n) is 4.15. The standard InChI is InChI=1S/C20H15N2O3S/c1-21-17-4-2-3-5-19(17)26-20(21)13-11-16-10-12-18(25-16)14-6-8-15(9-7-14)22(23)24/h2-13H,1H3/q+1. The number of hydrogen-bond acceptors (Lipinski definition) is 4. The van der Waals surface area contributed by atoms with Gasteiger partial charge in [0.1, 0.15) is 23.3 Å². The van der Waals surface area contributed by atoms with Crippen LogP contribution in [0.15, 0.2) is 65.1 Å². The van der Waals surface area contributed by atoms with E-state index in [1.165, 1.54) is 22.3 Å². The highest BCUT2D eigenvalue weighted by Gasteiger charge is 2.13. The van der Waals surface area contributed by atoms with Gasteiger partial charge in [-0.2, -0.15) is 4.57 Å². The number of nitro groups is 1. The molecule has 4 aromatic rings. The van der Waals surface area contributed by atoms with Crippen LogP contribution in [0, 0.1) is 10.1 Å². The van der Waals surface area contributed by atoms with Gasteiger partial charge in [0.2, 0.25) is 5.52 Å². The van der Waals surface area contributed by atoms with Crippen LogP contribution >= 0.6 is 11.3 Å². The molecule has 0 aliphatic heterocycles. The van der Waals surface area contributed by atoms with Crippen LogP contribution in [0.5, 0.6) is 0 Å². The maximum absolute atomic E-state index is 10.7. The Balaban J connectivity index is 1.58. The fourth-order valence-corrected chi connectivity index (χ4v) is 3.82. The lowest BCUT2D eigenvalue weighted by Crippen LogP contribution is -2.28. The van der Waals surface area contributed by atoms with Crippen molar-refractivity contribution < 1.29 is 13.9 Å². The molecule has 0 unspecified atom stereocenters. The number of fused-ring (bicyclic) bond motifs is 1. The first kappa shape index (κ1) is 16.2. The SMILES string of the molecule is C[n+]1c(C=Cc2ccc(-c3ccc([N+](=O)[O-])cc3)o2)sc2ccccc21. The number of benzene rings is 2. The van der Waals surface area contributed by atoms with Crippen LogP contribution in [0.1, 0.15) is 10.8 Å². The second kappa shape index (κ2) is 6.57. The number of aromatic nitrogens is 1. The molecule has 0 amide bonds. The van der Waals surface area contributed by atoms with Gasteiger partial charge in [-0.15, -0.1) is 0 Å². The van der Waals surface area contributed by atoms with E-state index in [2.05, 4.69) is 16.7 Å². The van der Waals surface area contributed by atoms with Crippen molar-refractivity contribution in [1.82, 2.24) is 0 Å². The highest BCUT2D eigenvalue weighted by Crippen LogP contribution is 2.26. The summed E-state index contributed by atoms with van der Waals surface area (Å²) in [4.78, 5) is 10.3. The molecule has 2 aromatic carbocycles. The number of nitro benzene ring substituents is 1. The molecule has 26 heavy (non-hydrogen) atoms. The van der Waals surface area contributed by atoms with Gasteiger partial charge in [0, 0.05) is 29.8 Å². The molecule has 0 N–H and O–H groups in total. The fraction of sp³-hybridized carbons (Fsp3) is 0.0500. The molecule has 0 saturated carbocycles. The van der Waals surface area contributed by atoms with Crippen molar-refractivity contribution in [2.45, 2.75) is 0 Å². The molecule has 0 aliphatic rings. The van der Waals surface area contributed by atoms with Crippen molar-refractivity contribution in [3.05, 3.63) is 81.5 Å². The molecule has 0 atom stereocenters. The van der Waals surface area contributed by atoms with Gasteiger partial charge in [0.25, 0.3) is 10.7 Å². The van der Waals surface area contributed by atoms with E-state index >= 15 is 0 Å². The Morgan fingerprint density at radius 1 is 1.04 bits per heavy atom. The quantitative estimate of drug-likeness (QED) is 0.289. The average molecular weight is 363 g/mol. The Hall–Kier alpha value is -3.25. The van der Waals surface area contributed by atoms with Crippen LogP contribution in [0.2, 0.25) is 0 Å². The Bertz CT molecular complexity index is 1120. The summed E-state index contributed by atoms with van der Waals surface area (Å²) in [5.74, 6) is 1.41. The summed E-state index contributed by atoms with van der Waals surface area (Å²) in [5.41, 5.74) is 2.07. The predicted octanol–water partition coefficient (Wildman–Crippen LogP) is 5.06. The van der Waals surface area contributed by atoms with Crippen molar-refractivity contribution >= 4 is 39.4 Å². The predicted molar refractivity (Wildman–Crippen MR) is 103 cm³/mol. The second-order valence-electron chi connectivity index (χ2n) is 5.81. The largest absolute Gasteiger partial charge is 0.457 e. The fourth-order valence-electron chi connectivity index (χ4n) is 2.76. The Morgan fingerprint density at radius 2 is 1.81 bits per heavy atom. The molecule has 0 spiro atoms. The summed E-state index contributed by atoms with van der Waals surface area (Å²) in [5, 5.41) is 11.9. The third kappa shape index (κ3) is 3.02. The molecule has 6 heteroatoms. The topological polar surface area (TPSA) is 60.2 Å². The first-order chi connectivity index (χ1) is 12.6. The lowest BCUT2D eigenvalue weighted by molar-refractivity contribution is -0.642. The molecular formula is C20H15N2O3S+. The zero-order chi connectivity index (χ0) is 18.1. The van der Waals surface area contributed by atoms with Gasteiger partial charge >= 0.3 is 0 Å². The van der Waals surface area contributed by atoms with Crippen molar-refractivity contribution in [2.24, 2.45) is 7.05 Å². The molecule has 0 fully saturated rings. The van der Waals surface area contributed by atoms with Crippen molar-refractivity contribution in [3.63, 3.8) is 0 Å². The molecule has 4 rings (SSSR count). The maximum atomic E-state index is 10.7. The van der Waals surface area contributed by atoms with Gasteiger partial charge < -0.3 is 4.42 Å². The number of para-hydroxylation sites is 1. The first-order valence-electron chi connectivity index (χ1n) is 8.02. The zero-order valence-corrected chi connectivity index (χ0v) is 14.8. The smallest absolute Gasteiger partial charge is 0.269 e. The molecule has 2 heterocycles. The molecule has 0 radical (unpaired) electrons. The number of non-ortho nitro benzene ring substituents is 1. The van der Waals surface area contributed by atoms with Gasteiger partial charge in [-0.25, -0.2) is 0 Å². The number of rotatable bonds is 4. The Morgan fingerprint density at radius 3 is 2.54 bits per heavy atom. The average Bonchev–Trinajstić information content (AvgIpc) is 3.25. The molecule has 0 aliphatic carbocycles. The van der Waals surface area contributed by atoms with E-state index < -0.39 is 4.92 Å². The van der Waals surface area contributed by atoms with E-state index in [1.807, 2.05) is 43.5 Å². The van der Waals surface area contributed by atoms with Crippen LogP contribution in [0.25, 0.3) is 33.7 Å². The summed E-state index contributed by atoms with van der Waals surface area (Å²) in [6.07, 6.45) is 3.96. The number of thiazole rings is 1. The summed E-state index contributed by atoms with van der Waals surface area (Å²) in [6.45, 7) is 0. The highest BCUT2D eigenvalue weighted by atomic mass is 32.1. The van der Waals surface area contributed by atoms with E-state index in [0.717, 1.165) is 16.3 Å².